The van der Waals surface area contributed by atoms with Crippen LogP contribution in [0.3, 0.4) is 0 Å². The summed E-state index contributed by atoms with van der Waals surface area (Å²) >= 11 is 14.9. The number of halogens is 2. The molecule has 3 heterocycles. The van der Waals surface area contributed by atoms with Gasteiger partial charge in [-0.3, -0.25) is 14.5 Å². The lowest BCUT2D eigenvalue weighted by Gasteiger charge is -2.23. The molecule has 3 aromatic carbocycles. The maximum atomic E-state index is 13.6. The summed E-state index contributed by atoms with van der Waals surface area (Å²) in [6.45, 7) is 4.96. The zero-order valence-corrected chi connectivity index (χ0v) is 26.2. The molecule has 6 rings (SSSR count). The van der Waals surface area contributed by atoms with Crippen LogP contribution in [0.5, 0.6) is 11.5 Å². The van der Waals surface area contributed by atoms with Gasteiger partial charge in [0.05, 0.1) is 11.6 Å². The van der Waals surface area contributed by atoms with Crippen LogP contribution >= 0.6 is 46.3 Å². The van der Waals surface area contributed by atoms with Crippen molar-refractivity contribution < 1.29 is 24.2 Å². The van der Waals surface area contributed by atoms with Crippen molar-refractivity contribution in [3.8, 4) is 11.5 Å². The first-order valence-corrected chi connectivity index (χ1v) is 16.0. The molecule has 1 fully saturated rings. The Balaban J connectivity index is 1.39. The van der Waals surface area contributed by atoms with Crippen LogP contribution < -0.4 is 14.4 Å². The van der Waals surface area contributed by atoms with E-state index < -0.39 is 17.7 Å². The van der Waals surface area contributed by atoms with Crippen molar-refractivity contribution >= 4 is 68.9 Å². The number of hydrogen-bond donors (Lipinski definition) is 1. The van der Waals surface area contributed by atoms with Gasteiger partial charge in [0, 0.05) is 21.4 Å². The molecule has 220 valence electrons. The van der Waals surface area contributed by atoms with Gasteiger partial charge in [-0.2, -0.15) is 0 Å². The number of thioether (sulfide) groups is 1. The highest BCUT2D eigenvalue weighted by Gasteiger charge is 2.48. The molecule has 2 aliphatic rings. The van der Waals surface area contributed by atoms with E-state index in [-0.39, 0.29) is 22.4 Å². The van der Waals surface area contributed by atoms with E-state index in [2.05, 4.69) is 24.0 Å². The van der Waals surface area contributed by atoms with Gasteiger partial charge in [0.15, 0.2) is 15.8 Å². The number of aliphatic hydroxyl groups excluding tert-OH is 1. The second-order valence-corrected chi connectivity index (χ2v) is 13.2. The largest absolute Gasteiger partial charge is 0.507 e. The van der Waals surface area contributed by atoms with Crippen LogP contribution in [0.4, 0.5) is 5.13 Å². The summed E-state index contributed by atoms with van der Waals surface area (Å²) in [4.78, 5) is 28.5. The highest BCUT2D eigenvalue weighted by Crippen LogP contribution is 2.45. The number of ether oxygens (including phenoxy) is 2. The Morgan fingerprint density at radius 3 is 2.49 bits per heavy atom. The minimum Gasteiger partial charge on any atom is -0.507 e. The van der Waals surface area contributed by atoms with E-state index in [1.54, 1.807) is 30.3 Å². The maximum Gasteiger partial charge on any atom is 0.301 e. The van der Waals surface area contributed by atoms with Gasteiger partial charge < -0.3 is 14.6 Å². The predicted octanol–water partition coefficient (Wildman–Crippen LogP) is 7.66. The van der Waals surface area contributed by atoms with Crippen LogP contribution in [0.15, 0.2) is 70.6 Å². The average Bonchev–Trinajstić information content (AvgIpc) is 3.57. The van der Waals surface area contributed by atoms with Crippen molar-refractivity contribution in [2.75, 3.05) is 18.1 Å². The molecule has 1 N–H and O–H groups in total. The van der Waals surface area contributed by atoms with Crippen molar-refractivity contribution in [3.05, 3.63) is 98.5 Å². The third-order valence-corrected chi connectivity index (χ3v) is 9.84. The molecule has 0 radical (unpaired) electrons. The summed E-state index contributed by atoms with van der Waals surface area (Å²) in [5.74, 6) is -0.138. The van der Waals surface area contributed by atoms with Crippen molar-refractivity contribution in [2.24, 2.45) is 0 Å². The summed E-state index contributed by atoms with van der Waals surface area (Å²) in [5, 5.41) is 21.4. The molecular weight excluding hydrogens is 629 g/mol. The Kier molecular flexibility index (Phi) is 8.37. The van der Waals surface area contributed by atoms with Crippen molar-refractivity contribution in [2.45, 2.75) is 35.9 Å². The summed E-state index contributed by atoms with van der Waals surface area (Å²) in [6.07, 6.45) is 0. The van der Waals surface area contributed by atoms with Crippen LogP contribution in [0.2, 0.25) is 10.0 Å². The fourth-order valence-electron chi connectivity index (χ4n) is 4.89. The van der Waals surface area contributed by atoms with Crippen molar-refractivity contribution in [1.82, 2.24) is 10.2 Å². The number of aromatic nitrogens is 2. The Morgan fingerprint density at radius 1 is 1.02 bits per heavy atom. The number of ketones is 1. The molecule has 0 spiro atoms. The lowest BCUT2D eigenvalue weighted by Crippen LogP contribution is -2.29. The zero-order valence-electron chi connectivity index (χ0n) is 23.0. The smallest absolute Gasteiger partial charge is 0.301 e. The molecule has 43 heavy (non-hydrogen) atoms. The van der Waals surface area contributed by atoms with E-state index >= 15 is 0 Å². The summed E-state index contributed by atoms with van der Waals surface area (Å²) in [6, 6.07) is 16.9. The van der Waals surface area contributed by atoms with Gasteiger partial charge in [-0.25, -0.2) is 0 Å². The quantitative estimate of drug-likeness (QED) is 0.0713. The molecule has 1 aromatic heterocycles. The number of Topliss-reactive ketones (excluding diaryl/α,β-unsaturated/α-hetero) is 1. The third-order valence-electron chi connectivity index (χ3n) is 7.15. The molecule has 1 atom stereocenters. The Bertz CT molecular complexity index is 1760. The maximum absolute atomic E-state index is 13.6. The van der Waals surface area contributed by atoms with Crippen LogP contribution in [0.1, 0.15) is 48.1 Å². The molecule has 4 aromatic rings. The Hall–Kier alpha value is -3.57. The van der Waals surface area contributed by atoms with E-state index in [0.29, 0.717) is 56.0 Å². The molecule has 2 aliphatic heterocycles. The number of aliphatic hydroxyl groups is 1. The number of nitrogens with zero attached hydrogens (tertiary/aromatic N) is 3. The second-order valence-electron chi connectivity index (χ2n) is 10.2. The highest BCUT2D eigenvalue weighted by molar-refractivity contribution is 8.00. The number of benzene rings is 3. The minimum atomic E-state index is -0.925. The monoisotopic (exact) mass is 653 g/mol. The summed E-state index contributed by atoms with van der Waals surface area (Å²) in [7, 11) is 0. The predicted molar refractivity (Wildman–Crippen MR) is 169 cm³/mol. The zero-order chi connectivity index (χ0) is 30.2. The first kappa shape index (κ1) is 29.5. The third kappa shape index (κ3) is 5.84. The van der Waals surface area contributed by atoms with E-state index in [0.717, 1.165) is 11.1 Å². The lowest BCUT2D eigenvalue weighted by atomic mass is 9.93. The number of anilines is 1. The van der Waals surface area contributed by atoms with E-state index in [1.165, 1.54) is 28.0 Å². The topological polar surface area (TPSA) is 102 Å². The van der Waals surface area contributed by atoms with Gasteiger partial charge in [-0.15, -0.1) is 10.2 Å². The van der Waals surface area contributed by atoms with E-state index in [1.807, 2.05) is 30.3 Å². The van der Waals surface area contributed by atoms with Gasteiger partial charge in [-0.05, 0) is 52.9 Å². The number of carbonyl (C=O) groups is 2. The molecular formula is C31H25Cl2N3O5S2. The summed E-state index contributed by atoms with van der Waals surface area (Å²) < 4.78 is 11.9. The van der Waals surface area contributed by atoms with Crippen LogP contribution in [-0.4, -0.2) is 40.2 Å². The second kappa shape index (κ2) is 12.2. The Morgan fingerprint density at radius 2 is 1.77 bits per heavy atom. The number of rotatable bonds is 7. The lowest BCUT2D eigenvalue weighted by molar-refractivity contribution is -0.132. The molecule has 1 unspecified atom stereocenters. The molecule has 1 saturated heterocycles. The normalized spacial score (nSPS) is 17.6. The van der Waals surface area contributed by atoms with Crippen LogP contribution in [0.25, 0.3) is 5.76 Å². The van der Waals surface area contributed by atoms with Gasteiger partial charge in [0.25, 0.3) is 5.78 Å². The first-order valence-electron chi connectivity index (χ1n) is 13.4. The number of carbonyl (C=O) groups excluding carboxylic acids is 2. The number of fused-ring (bicyclic) bond motifs is 1. The highest BCUT2D eigenvalue weighted by atomic mass is 35.5. The van der Waals surface area contributed by atoms with Gasteiger partial charge in [0.1, 0.15) is 19.0 Å². The molecule has 1 amide bonds. The number of amides is 1. The van der Waals surface area contributed by atoms with E-state index in [4.69, 9.17) is 32.7 Å². The molecule has 0 bridgehead atoms. The molecule has 0 aliphatic carbocycles. The SMILES string of the molecule is CC(C)c1ccc(C2C(=C(O)c3ccc4c(c3)OCCO4)C(=O)C(=O)N2c2nnc(SCc3ccc(Cl)cc3Cl)s2)cc1. The fraction of sp³-hybridized carbons (Fsp3) is 0.226. The Labute approximate surface area is 266 Å². The first-order chi connectivity index (χ1) is 20.7. The standard InChI is InChI=1S/C31H25Cl2N3O5S2/c1-16(2)17-3-5-18(6-4-17)26-25(27(37)19-8-10-23-24(13-19)41-12-11-40-23)28(38)29(39)36(26)30-34-35-31(43-30)42-15-20-7-9-21(32)14-22(20)33/h3-10,13-14,16,26,37H,11-12,15H2,1-2H3. The van der Waals surface area contributed by atoms with Crippen molar-refractivity contribution in [1.29, 1.82) is 0 Å². The average molecular weight is 655 g/mol. The van der Waals surface area contributed by atoms with Crippen LogP contribution in [0, 0.1) is 0 Å². The van der Waals surface area contributed by atoms with Gasteiger partial charge in [0.2, 0.25) is 5.13 Å². The van der Waals surface area contributed by atoms with E-state index in [9.17, 15) is 14.7 Å². The summed E-state index contributed by atoms with van der Waals surface area (Å²) in [5.41, 5.74) is 2.91. The molecule has 0 saturated carbocycles. The van der Waals surface area contributed by atoms with Crippen LogP contribution in [-0.2, 0) is 15.3 Å². The number of hydrogen-bond acceptors (Lipinski definition) is 9. The molecule has 12 heteroatoms. The minimum absolute atomic E-state index is 0.0451. The van der Waals surface area contributed by atoms with Gasteiger partial charge in [-0.1, -0.05) is 90.5 Å². The fourth-order valence-corrected chi connectivity index (χ4v) is 7.32. The van der Waals surface area contributed by atoms with Gasteiger partial charge >= 0.3 is 5.91 Å². The molecule has 8 nitrogen and oxygen atoms in total. The van der Waals surface area contributed by atoms with Crippen molar-refractivity contribution in [3.63, 3.8) is 0 Å².